The summed E-state index contributed by atoms with van der Waals surface area (Å²) in [6, 6.07) is 0.899. The number of aromatic nitrogens is 2. The third-order valence-corrected chi connectivity index (χ3v) is 5.15. The fourth-order valence-corrected chi connectivity index (χ4v) is 3.58. The summed E-state index contributed by atoms with van der Waals surface area (Å²) in [7, 11) is 2.00. The highest BCUT2D eigenvalue weighted by atomic mass is 16.3. The molecule has 8 heteroatoms. The summed E-state index contributed by atoms with van der Waals surface area (Å²) >= 11 is 0. The second-order valence-corrected chi connectivity index (χ2v) is 7.09. The number of anilines is 2. The van der Waals surface area contributed by atoms with Gasteiger partial charge >= 0.3 is 0 Å². The molecular formula is C18H28N6O2. The number of primary amides is 1. The van der Waals surface area contributed by atoms with Crippen LogP contribution in [0.15, 0.2) is 18.0 Å². The monoisotopic (exact) mass is 360 g/mol. The molecule has 3 rings (SSSR count). The SMILES string of the molecule is CNC1CCC(Nc2ncc(C(N)=O)c(NC3=CCC[C@H](O)C3)n2)CC1. The van der Waals surface area contributed by atoms with Gasteiger partial charge in [-0.3, -0.25) is 4.79 Å². The van der Waals surface area contributed by atoms with Crippen molar-refractivity contribution < 1.29 is 9.90 Å². The van der Waals surface area contributed by atoms with Crippen LogP contribution in [0.3, 0.4) is 0 Å². The average Bonchev–Trinajstić information content (AvgIpc) is 2.62. The number of carbonyl (C=O) groups excluding carboxylic acids is 1. The molecule has 142 valence electrons. The first-order valence-electron chi connectivity index (χ1n) is 9.30. The molecule has 0 unspecified atom stereocenters. The Morgan fingerprint density at radius 3 is 2.62 bits per heavy atom. The molecule has 1 amide bonds. The lowest BCUT2D eigenvalue weighted by Crippen LogP contribution is -2.35. The van der Waals surface area contributed by atoms with Crippen molar-refractivity contribution in [1.82, 2.24) is 15.3 Å². The minimum absolute atomic E-state index is 0.246. The minimum Gasteiger partial charge on any atom is -0.393 e. The van der Waals surface area contributed by atoms with Gasteiger partial charge in [0, 0.05) is 30.4 Å². The van der Waals surface area contributed by atoms with E-state index in [0.717, 1.165) is 44.2 Å². The third kappa shape index (κ3) is 4.70. The molecule has 6 N–H and O–H groups in total. The van der Waals surface area contributed by atoms with Gasteiger partial charge in [0.05, 0.1) is 6.10 Å². The second kappa shape index (κ2) is 8.46. The molecule has 1 saturated carbocycles. The molecule has 0 saturated heterocycles. The lowest BCUT2D eigenvalue weighted by atomic mass is 9.91. The molecule has 1 atom stereocenters. The molecule has 0 radical (unpaired) electrons. The molecule has 0 spiro atoms. The van der Waals surface area contributed by atoms with Crippen LogP contribution in [0.25, 0.3) is 0 Å². The van der Waals surface area contributed by atoms with E-state index in [1.165, 1.54) is 6.20 Å². The Morgan fingerprint density at radius 2 is 1.96 bits per heavy atom. The van der Waals surface area contributed by atoms with Gasteiger partial charge in [0.25, 0.3) is 5.91 Å². The van der Waals surface area contributed by atoms with Gasteiger partial charge in [-0.25, -0.2) is 4.98 Å². The van der Waals surface area contributed by atoms with Gasteiger partial charge in [0.15, 0.2) is 0 Å². The smallest absolute Gasteiger partial charge is 0.254 e. The number of nitrogens with one attached hydrogen (secondary N) is 3. The van der Waals surface area contributed by atoms with Crippen molar-refractivity contribution in [2.24, 2.45) is 5.73 Å². The summed E-state index contributed by atoms with van der Waals surface area (Å²) in [4.78, 5) is 20.4. The standard InChI is InChI=1S/C18H28N6O2/c1-20-11-5-7-12(8-6-11)23-18-21-10-15(16(19)26)17(24-18)22-13-3-2-4-14(25)9-13/h3,10-12,14,20,25H,2,4-9H2,1H3,(H2,19,26)(H2,21,22,23,24)/t11?,12?,14-/m0/s1. The van der Waals surface area contributed by atoms with Crippen molar-refractivity contribution in [3.63, 3.8) is 0 Å². The molecule has 2 aliphatic carbocycles. The molecule has 26 heavy (non-hydrogen) atoms. The number of hydrogen-bond acceptors (Lipinski definition) is 7. The van der Waals surface area contributed by atoms with E-state index in [4.69, 9.17) is 5.73 Å². The first kappa shape index (κ1) is 18.6. The van der Waals surface area contributed by atoms with Crippen LogP contribution in [0.1, 0.15) is 55.3 Å². The maximum absolute atomic E-state index is 11.7. The first-order chi connectivity index (χ1) is 12.5. The van der Waals surface area contributed by atoms with Gasteiger partial charge in [-0.1, -0.05) is 6.08 Å². The first-order valence-corrected chi connectivity index (χ1v) is 9.30. The Labute approximate surface area is 153 Å². The summed E-state index contributed by atoms with van der Waals surface area (Å²) in [6.07, 6.45) is 9.48. The van der Waals surface area contributed by atoms with Gasteiger partial charge in [-0.05, 0) is 45.6 Å². The van der Waals surface area contributed by atoms with Crippen molar-refractivity contribution >= 4 is 17.7 Å². The van der Waals surface area contributed by atoms with Crippen molar-refractivity contribution in [3.8, 4) is 0 Å². The fourth-order valence-electron chi connectivity index (χ4n) is 3.58. The van der Waals surface area contributed by atoms with Crippen LogP contribution in [-0.2, 0) is 0 Å². The van der Waals surface area contributed by atoms with E-state index in [-0.39, 0.29) is 11.7 Å². The molecule has 1 aromatic rings. The number of nitrogens with two attached hydrogens (primary N) is 1. The van der Waals surface area contributed by atoms with Gasteiger partial charge in [-0.15, -0.1) is 0 Å². The van der Waals surface area contributed by atoms with Crippen molar-refractivity contribution in [2.75, 3.05) is 17.7 Å². The topological polar surface area (TPSA) is 125 Å². The number of carbonyl (C=O) groups is 1. The van der Waals surface area contributed by atoms with Crippen molar-refractivity contribution in [1.29, 1.82) is 0 Å². The Balaban J connectivity index is 1.72. The number of rotatable bonds is 6. The molecule has 0 aliphatic heterocycles. The zero-order valence-electron chi connectivity index (χ0n) is 15.2. The maximum atomic E-state index is 11.7. The van der Waals surface area contributed by atoms with E-state index in [1.807, 2.05) is 13.1 Å². The molecule has 1 aromatic heterocycles. The lowest BCUT2D eigenvalue weighted by Gasteiger charge is -2.29. The van der Waals surface area contributed by atoms with Gasteiger partial charge in [0.1, 0.15) is 11.4 Å². The van der Waals surface area contributed by atoms with Gasteiger partial charge in [0.2, 0.25) is 5.95 Å². The number of allylic oxidation sites excluding steroid dienone is 1. The number of nitrogens with zero attached hydrogens (tertiary/aromatic N) is 2. The van der Waals surface area contributed by atoms with E-state index in [0.29, 0.717) is 30.3 Å². The number of hydrogen-bond donors (Lipinski definition) is 5. The zero-order chi connectivity index (χ0) is 18.5. The fraction of sp³-hybridized carbons (Fsp3) is 0.611. The van der Waals surface area contributed by atoms with Crippen LogP contribution in [-0.4, -0.2) is 46.2 Å². The lowest BCUT2D eigenvalue weighted by molar-refractivity contribution is 0.100. The van der Waals surface area contributed by atoms with E-state index in [2.05, 4.69) is 25.9 Å². The molecule has 0 aromatic carbocycles. The molecule has 1 fully saturated rings. The normalized spacial score (nSPS) is 26.1. The van der Waals surface area contributed by atoms with E-state index in [9.17, 15) is 9.90 Å². The van der Waals surface area contributed by atoms with Gasteiger partial charge < -0.3 is 26.8 Å². The molecule has 1 heterocycles. The minimum atomic E-state index is -0.578. The van der Waals surface area contributed by atoms with Crippen LogP contribution in [0.4, 0.5) is 11.8 Å². The second-order valence-electron chi connectivity index (χ2n) is 7.09. The van der Waals surface area contributed by atoms with Crippen LogP contribution in [0.5, 0.6) is 0 Å². The van der Waals surface area contributed by atoms with E-state index in [1.54, 1.807) is 0 Å². The van der Waals surface area contributed by atoms with Crippen LogP contribution in [0.2, 0.25) is 0 Å². The Bertz CT molecular complexity index is 670. The number of aliphatic hydroxyl groups excluding tert-OH is 1. The summed E-state index contributed by atoms with van der Waals surface area (Å²) < 4.78 is 0. The predicted octanol–water partition coefficient (Wildman–Crippen LogP) is 1.36. The average molecular weight is 360 g/mol. The molecule has 0 bridgehead atoms. The predicted molar refractivity (Wildman–Crippen MR) is 101 cm³/mol. The van der Waals surface area contributed by atoms with E-state index >= 15 is 0 Å². The summed E-state index contributed by atoms with van der Waals surface area (Å²) in [5, 5.41) is 19.7. The number of amides is 1. The summed E-state index contributed by atoms with van der Waals surface area (Å²) in [5.41, 5.74) is 6.55. The van der Waals surface area contributed by atoms with E-state index < -0.39 is 5.91 Å². The Kier molecular flexibility index (Phi) is 6.05. The molecular weight excluding hydrogens is 332 g/mol. The van der Waals surface area contributed by atoms with Crippen LogP contribution >= 0.6 is 0 Å². The summed E-state index contributed by atoms with van der Waals surface area (Å²) in [5.74, 6) is 0.298. The van der Waals surface area contributed by atoms with Crippen molar-refractivity contribution in [2.45, 2.75) is 63.1 Å². The molecule has 2 aliphatic rings. The van der Waals surface area contributed by atoms with Gasteiger partial charge in [-0.2, -0.15) is 4.98 Å². The Hall–Kier alpha value is -2.19. The van der Waals surface area contributed by atoms with Crippen LogP contribution < -0.4 is 21.7 Å². The van der Waals surface area contributed by atoms with Crippen LogP contribution in [0, 0.1) is 0 Å². The number of aliphatic hydroxyl groups is 1. The quantitative estimate of drug-likeness (QED) is 0.518. The highest BCUT2D eigenvalue weighted by Gasteiger charge is 2.22. The maximum Gasteiger partial charge on any atom is 0.254 e. The third-order valence-electron chi connectivity index (χ3n) is 5.15. The highest BCUT2D eigenvalue weighted by molar-refractivity contribution is 5.97. The zero-order valence-corrected chi connectivity index (χ0v) is 15.2. The largest absolute Gasteiger partial charge is 0.393 e. The molecule has 8 nitrogen and oxygen atoms in total. The summed E-state index contributed by atoms with van der Waals surface area (Å²) in [6.45, 7) is 0. The Morgan fingerprint density at radius 1 is 1.23 bits per heavy atom. The highest BCUT2D eigenvalue weighted by Crippen LogP contribution is 2.24. The van der Waals surface area contributed by atoms with Crippen molar-refractivity contribution in [3.05, 3.63) is 23.5 Å².